The van der Waals surface area contributed by atoms with Crippen molar-refractivity contribution in [3.05, 3.63) is 69.2 Å². The maximum absolute atomic E-state index is 13.7. The quantitative estimate of drug-likeness (QED) is 0.386. The van der Waals surface area contributed by atoms with Gasteiger partial charge in [0.05, 0.1) is 5.56 Å². The fourth-order valence-electron chi connectivity index (χ4n) is 1.95. The summed E-state index contributed by atoms with van der Waals surface area (Å²) in [4.78, 5) is 25.6. The summed E-state index contributed by atoms with van der Waals surface area (Å²) in [5, 5.41) is 0.161. The Balaban J connectivity index is 2.54. The Morgan fingerprint density at radius 1 is 1.08 bits per heavy atom. The lowest BCUT2D eigenvalue weighted by Gasteiger charge is -2.30. The number of hydrogen-bond acceptors (Lipinski definition) is 4. The van der Waals surface area contributed by atoms with E-state index in [0.29, 0.717) is 4.47 Å². The molecule has 4 nitrogen and oxygen atoms in total. The van der Waals surface area contributed by atoms with E-state index in [1.54, 1.807) is 0 Å². The number of hydrogen-bond donors (Lipinski definition) is 0. The van der Waals surface area contributed by atoms with Crippen molar-refractivity contribution in [3.8, 4) is 0 Å². The molecule has 2 rings (SSSR count). The first-order valence-corrected chi connectivity index (χ1v) is 7.77. The van der Waals surface area contributed by atoms with Gasteiger partial charge in [-0.25, -0.2) is 9.59 Å². The first kappa shape index (κ1) is 19.2. The minimum Gasteiger partial charge on any atom is -0.418 e. The Morgan fingerprint density at radius 3 is 2.12 bits per heavy atom. The smallest absolute Gasteiger partial charge is 0.418 e. The van der Waals surface area contributed by atoms with E-state index in [1.807, 2.05) is 0 Å². The zero-order valence-corrected chi connectivity index (χ0v) is 14.5. The van der Waals surface area contributed by atoms with E-state index in [2.05, 4.69) is 25.7 Å². The minimum absolute atomic E-state index is 0.146. The molecule has 0 saturated heterocycles. The number of nitrogens with zero attached hydrogens (tertiary/aromatic N) is 1. The molecule has 130 valence electrons. The number of carbonyl (C=O) groups is 1. The minimum atomic E-state index is -5.21. The van der Waals surface area contributed by atoms with Crippen LogP contribution in [0.2, 0.25) is 5.02 Å². The van der Waals surface area contributed by atoms with Gasteiger partial charge in [0.1, 0.15) is 0 Å². The maximum atomic E-state index is 13.7. The molecule has 1 unspecified atom stereocenters. The molecule has 0 aliphatic carbocycles. The van der Waals surface area contributed by atoms with Gasteiger partial charge in [0.25, 0.3) is 0 Å². The third kappa shape index (κ3) is 4.10. The Labute approximate surface area is 153 Å². The molecule has 0 bridgehead atoms. The molecule has 0 saturated carbocycles. The molecule has 1 atom stereocenters. The molecular formula is C16H8BrClF3NO3. The van der Waals surface area contributed by atoms with Crippen LogP contribution in [0.4, 0.5) is 13.2 Å². The second-order valence-corrected chi connectivity index (χ2v) is 6.10. The van der Waals surface area contributed by atoms with Crippen LogP contribution in [0.3, 0.4) is 0 Å². The van der Waals surface area contributed by atoms with Crippen molar-refractivity contribution in [3.63, 3.8) is 0 Å². The Morgan fingerprint density at radius 2 is 1.64 bits per heavy atom. The zero-order chi connectivity index (χ0) is 18.7. The van der Waals surface area contributed by atoms with Crippen molar-refractivity contribution in [2.75, 3.05) is 0 Å². The lowest BCUT2D eigenvalue weighted by molar-refractivity contribution is -0.262. The molecule has 0 N–H and O–H groups in total. The van der Waals surface area contributed by atoms with E-state index >= 15 is 0 Å². The first-order valence-electron chi connectivity index (χ1n) is 6.60. The maximum Gasteiger partial charge on any atom is 0.456 e. The molecule has 9 heteroatoms. The van der Waals surface area contributed by atoms with Gasteiger partial charge >= 0.3 is 17.9 Å². The number of carbonyl (C=O) groups excluding carboxylic acids is 2. The summed E-state index contributed by atoms with van der Waals surface area (Å²) < 4.78 is 46.4. The van der Waals surface area contributed by atoms with Crippen molar-refractivity contribution in [1.29, 1.82) is 0 Å². The van der Waals surface area contributed by atoms with Crippen molar-refractivity contribution in [1.82, 2.24) is 0 Å². The molecule has 25 heavy (non-hydrogen) atoms. The van der Waals surface area contributed by atoms with Gasteiger partial charge < -0.3 is 4.74 Å². The number of halogens is 5. The highest BCUT2D eigenvalue weighted by Gasteiger charge is 2.61. The summed E-state index contributed by atoms with van der Waals surface area (Å²) in [7, 11) is 0. The highest BCUT2D eigenvalue weighted by Crippen LogP contribution is 2.44. The first-order chi connectivity index (χ1) is 11.7. The van der Waals surface area contributed by atoms with Gasteiger partial charge in [-0.1, -0.05) is 39.7 Å². The number of alkyl halides is 3. The molecule has 0 spiro atoms. The third-order valence-electron chi connectivity index (χ3n) is 3.14. The molecular weight excluding hydrogens is 427 g/mol. The molecule has 0 aliphatic heterocycles. The summed E-state index contributed by atoms with van der Waals surface area (Å²) >= 11 is 8.81. The summed E-state index contributed by atoms with van der Waals surface area (Å²) in [5.41, 5.74) is -4.26. The van der Waals surface area contributed by atoms with E-state index in [0.717, 1.165) is 30.3 Å². The fraction of sp³-hybridized carbons (Fsp3) is 0.125. The van der Waals surface area contributed by atoms with Crippen molar-refractivity contribution < 1.29 is 27.5 Å². The van der Waals surface area contributed by atoms with E-state index < -0.39 is 23.4 Å². The number of rotatable bonds is 4. The average molecular weight is 435 g/mol. The molecule has 2 aromatic rings. The molecule has 0 heterocycles. The van der Waals surface area contributed by atoms with E-state index in [1.165, 1.54) is 24.3 Å². The molecule has 0 radical (unpaired) electrons. The Bertz CT molecular complexity index is 818. The molecule has 0 amide bonds. The zero-order valence-electron chi connectivity index (χ0n) is 12.2. The van der Waals surface area contributed by atoms with Crippen LogP contribution >= 0.6 is 27.5 Å². The summed E-state index contributed by atoms with van der Waals surface area (Å²) in [6.45, 7) is 0. The predicted molar refractivity (Wildman–Crippen MR) is 86.9 cm³/mol. The normalized spacial score (nSPS) is 13.5. The Hall–Kier alpha value is -2.15. The fourth-order valence-corrected chi connectivity index (χ4v) is 2.34. The number of ether oxygens (including phenoxy) is 1. The van der Waals surface area contributed by atoms with E-state index in [9.17, 15) is 22.8 Å². The standard InChI is InChI=1S/C16H8BrClF3NO3/c17-12-5-1-10(2-6-12)14(24)25-15(22-9-23,16(19,20)21)11-3-7-13(18)8-4-11/h1-8H. The molecule has 0 aliphatic rings. The topological polar surface area (TPSA) is 55.7 Å². The summed E-state index contributed by atoms with van der Waals surface area (Å²) in [6, 6.07) is 9.68. The van der Waals surface area contributed by atoms with Crippen molar-refractivity contribution in [2.24, 2.45) is 4.99 Å². The highest BCUT2D eigenvalue weighted by atomic mass is 79.9. The van der Waals surface area contributed by atoms with Crippen LogP contribution in [0.15, 0.2) is 58.0 Å². The van der Waals surface area contributed by atoms with Crippen LogP contribution in [0.1, 0.15) is 15.9 Å². The van der Waals surface area contributed by atoms with Crippen LogP contribution in [0.5, 0.6) is 0 Å². The van der Waals surface area contributed by atoms with Crippen LogP contribution < -0.4 is 0 Å². The van der Waals surface area contributed by atoms with Crippen molar-refractivity contribution >= 4 is 39.6 Å². The summed E-state index contributed by atoms with van der Waals surface area (Å²) in [6.07, 6.45) is -4.37. The van der Waals surface area contributed by atoms with E-state index in [-0.39, 0.29) is 10.6 Å². The monoisotopic (exact) mass is 433 g/mol. The average Bonchev–Trinajstić information content (AvgIpc) is 2.54. The SMILES string of the molecule is O=C=NC(OC(=O)c1ccc(Br)cc1)(c1ccc(Cl)cc1)C(F)(F)F. The van der Waals surface area contributed by atoms with Crippen molar-refractivity contribution in [2.45, 2.75) is 11.9 Å². The second kappa shape index (κ2) is 7.39. The van der Waals surface area contributed by atoms with Gasteiger partial charge in [0.15, 0.2) is 0 Å². The predicted octanol–water partition coefficient (Wildman–Crippen LogP) is 5.01. The number of isocyanates is 1. The van der Waals surface area contributed by atoms with Gasteiger partial charge in [0, 0.05) is 15.1 Å². The largest absolute Gasteiger partial charge is 0.456 e. The van der Waals surface area contributed by atoms with Crippen LogP contribution in [-0.2, 0) is 15.3 Å². The lowest BCUT2D eigenvalue weighted by atomic mass is 10.0. The van der Waals surface area contributed by atoms with E-state index in [4.69, 9.17) is 11.6 Å². The number of benzene rings is 2. The highest BCUT2D eigenvalue weighted by molar-refractivity contribution is 9.10. The molecule has 2 aromatic carbocycles. The number of aliphatic imine (C=N–C) groups is 1. The summed E-state index contributed by atoms with van der Waals surface area (Å²) in [5.74, 6) is -1.31. The van der Waals surface area contributed by atoms with Crippen LogP contribution in [0.25, 0.3) is 0 Å². The third-order valence-corrected chi connectivity index (χ3v) is 3.92. The van der Waals surface area contributed by atoms with Gasteiger partial charge in [0.2, 0.25) is 6.08 Å². The number of esters is 1. The van der Waals surface area contributed by atoms with Gasteiger partial charge in [-0.05, 0) is 36.4 Å². The molecule has 0 fully saturated rings. The molecule has 0 aromatic heterocycles. The van der Waals surface area contributed by atoms with Gasteiger partial charge in [-0.2, -0.15) is 13.2 Å². The van der Waals surface area contributed by atoms with Crippen LogP contribution in [-0.4, -0.2) is 18.2 Å². The van der Waals surface area contributed by atoms with Gasteiger partial charge in [-0.3, -0.25) is 0 Å². The second-order valence-electron chi connectivity index (χ2n) is 4.75. The van der Waals surface area contributed by atoms with Gasteiger partial charge in [-0.15, -0.1) is 4.99 Å². The lowest BCUT2D eigenvalue weighted by Crippen LogP contribution is -2.44. The van der Waals surface area contributed by atoms with Crippen LogP contribution in [0, 0.1) is 0 Å². The Kier molecular flexibility index (Phi) is 5.67.